The quantitative estimate of drug-likeness (QED) is 0.766. The van der Waals surface area contributed by atoms with Gasteiger partial charge in [0.1, 0.15) is 0 Å². The summed E-state index contributed by atoms with van der Waals surface area (Å²) in [6.07, 6.45) is 0. The van der Waals surface area contributed by atoms with Crippen molar-refractivity contribution in [3.8, 4) is 5.88 Å². The average Bonchev–Trinajstić information content (AvgIpc) is 1.99. The molecular formula is C10H16N2O3. The minimum Gasteiger partial charge on any atom is -0.494 e. The van der Waals surface area contributed by atoms with Crippen LogP contribution in [-0.2, 0) is 0 Å². The molecule has 0 radical (unpaired) electrons. The van der Waals surface area contributed by atoms with Crippen LogP contribution in [0.3, 0.4) is 0 Å². The van der Waals surface area contributed by atoms with Gasteiger partial charge in [-0.2, -0.15) is 0 Å². The minimum absolute atomic E-state index is 0.126. The Bertz CT molecular complexity index is 428. The van der Waals surface area contributed by atoms with Gasteiger partial charge in [-0.25, -0.2) is 4.79 Å². The van der Waals surface area contributed by atoms with Crippen molar-refractivity contribution in [3.05, 3.63) is 26.4 Å². The van der Waals surface area contributed by atoms with Gasteiger partial charge in [-0.1, -0.05) is 13.8 Å². The summed E-state index contributed by atoms with van der Waals surface area (Å²) >= 11 is 0. The number of aromatic nitrogens is 2. The number of aromatic amines is 1. The second kappa shape index (κ2) is 3.92. The second-order valence-electron chi connectivity index (χ2n) is 4.12. The lowest BCUT2D eigenvalue weighted by Gasteiger charge is -2.15. The molecule has 0 saturated heterocycles. The standard InChI is InChI=1S/C10H16N2O3/c1-5(2)7-8(13)11-10(15)12(6(3)4)9(7)14/h5-6,14H,1-4H3,(H,11,13,15). The van der Waals surface area contributed by atoms with Gasteiger partial charge < -0.3 is 5.11 Å². The highest BCUT2D eigenvalue weighted by Gasteiger charge is 2.17. The van der Waals surface area contributed by atoms with E-state index >= 15 is 0 Å². The van der Waals surface area contributed by atoms with Crippen molar-refractivity contribution in [2.75, 3.05) is 0 Å². The van der Waals surface area contributed by atoms with Crippen molar-refractivity contribution in [2.24, 2.45) is 0 Å². The summed E-state index contributed by atoms with van der Waals surface area (Å²) in [5, 5.41) is 9.83. The Morgan fingerprint density at radius 1 is 1.20 bits per heavy atom. The lowest BCUT2D eigenvalue weighted by atomic mass is 10.1. The van der Waals surface area contributed by atoms with Gasteiger partial charge in [-0.15, -0.1) is 0 Å². The molecular weight excluding hydrogens is 196 g/mol. The topological polar surface area (TPSA) is 75.1 Å². The maximum atomic E-state index is 11.4. The number of nitrogens with one attached hydrogen (secondary N) is 1. The van der Waals surface area contributed by atoms with Crippen LogP contribution in [0, 0.1) is 0 Å². The van der Waals surface area contributed by atoms with E-state index in [1.54, 1.807) is 27.7 Å². The molecule has 5 nitrogen and oxygen atoms in total. The van der Waals surface area contributed by atoms with Crippen LogP contribution in [-0.4, -0.2) is 14.7 Å². The molecule has 0 atom stereocenters. The Morgan fingerprint density at radius 2 is 1.73 bits per heavy atom. The van der Waals surface area contributed by atoms with E-state index in [0.29, 0.717) is 0 Å². The Balaban J connectivity index is 3.65. The number of hydrogen-bond donors (Lipinski definition) is 2. The SMILES string of the molecule is CC(C)c1c(O)n(C(C)C)c(=O)[nH]c1=O. The zero-order valence-corrected chi connectivity index (χ0v) is 9.37. The summed E-state index contributed by atoms with van der Waals surface area (Å²) < 4.78 is 1.18. The van der Waals surface area contributed by atoms with Gasteiger partial charge in [0, 0.05) is 6.04 Å². The molecule has 0 spiro atoms. The Morgan fingerprint density at radius 3 is 2.13 bits per heavy atom. The summed E-state index contributed by atoms with van der Waals surface area (Å²) in [7, 11) is 0. The predicted molar refractivity (Wildman–Crippen MR) is 57.5 cm³/mol. The first-order chi connectivity index (χ1) is 6.86. The fourth-order valence-corrected chi connectivity index (χ4v) is 1.55. The van der Waals surface area contributed by atoms with E-state index in [0.717, 1.165) is 0 Å². The summed E-state index contributed by atoms with van der Waals surface area (Å²) in [6, 6.07) is -0.188. The monoisotopic (exact) mass is 212 g/mol. The average molecular weight is 212 g/mol. The molecule has 0 aromatic carbocycles. The zero-order valence-electron chi connectivity index (χ0n) is 9.37. The maximum Gasteiger partial charge on any atom is 0.331 e. The number of nitrogens with zero attached hydrogens (tertiary/aromatic N) is 1. The third kappa shape index (κ3) is 1.95. The molecule has 1 aromatic rings. The Hall–Kier alpha value is -1.52. The molecule has 1 rings (SSSR count). The van der Waals surface area contributed by atoms with Gasteiger partial charge in [0.05, 0.1) is 5.56 Å². The van der Waals surface area contributed by atoms with Crippen molar-refractivity contribution >= 4 is 0 Å². The fraction of sp³-hybridized carbons (Fsp3) is 0.600. The van der Waals surface area contributed by atoms with Crippen LogP contribution in [0.4, 0.5) is 0 Å². The Labute approximate surface area is 87.4 Å². The molecule has 0 fully saturated rings. The lowest BCUT2D eigenvalue weighted by Crippen LogP contribution is -2.33. The van der Waals surface area contributed by atoms with Crippen molar-refractivity contribution in [2.45, 2.75) is 39.7 Å². The summed E-state index contributed by atoms with van der Waals surface area (Å²) in [6.45, 7) is 7.12. The van der Waals surface area contributed by atoms with Crippen LogP contribution >= 0.6 is 0 Å². The first kappa shape index (κ1) is 11.6. The van der Waals surface area contributed by atoms with E-state index in [-0.39, 0.29) is 23.4 Å². The van der Waals surface area contributed by atoms with E-state index in [1.165, 1.54) is 4.57 Å². The molecule has 0 aliphatic heterocycles. The van der Waals surface area contributed by atoms with Gasteiger partial charge in [-0.3, -0.25) is 14.3 Å². The van der Waals surface area contributed by atoms with E-state index in [9.17, 15) is 14.7 Å². The zero-order chi connectivity index (χ0) is 11.7. The molecule has 15 heavy (non-hydrogen) atoms. The van der Waals surface area contributed by atoms with Crippen LogP contribution in [0.1, 0.15) is 45.2 Å². The summed E-state index contributed by atoms with van der Waals surface area (Å²) in [4.78, 5) is 25.1. The van der Waals surface area contributed by atoms with Crippen LogP contribution in [0.25, 0.3) is 0 Å². The molecule has 2 N–H and O–H groups in total. The molecule has 0 saturated carbocycles. The molecule has 0 aliphatic carbocycles. The highest BCUT2D eigenvalue weighted by atomic mass is 16.3. The number of rotatable bonds is 2. The van der Waals surface area contributed by atoms with Crippen molar-refractivity contribution in [1.29, 1.82) is 0 Å². The lowest BCUT2D eigenvalue weighted by molar-refractivity contribution is 0.372. The third-order valence-corrected chi connectivity index (χ3v) is 2.25. The van der Waals surface area contributed by atoms with E-state index in [2.05, 4.69) is 4.98 Å². The first-order valence-corrected chi connectivity index (χ1v) is 4.94. The van der Waals surface area contributed by atoms with Gasteiger partial charge >= 0.3 is 5.69 Å². The molecule has 1 heterocycles. The number of aromatic hydroxyl groups is 1. The van der Waals surface area contributed by atoms with E-state index in [4.69, 9.17) is 0 Å². The molecule has 0 amide bonds. The summed E-state index contributed by atoms with van der Waals surface area (Å²) in [5.74, 6) is -0.354. The van der Waals surface area contributed by atoms with Gasteiger partial charge in [0.25, 0.3) is 5.56 Å². The molecule has 1 aromatic heterocycles. The first-order valence-electron chi connectivity index (χ1n) is 4.94. The summed E-state index contributed by atoms with van der Waals surface area (Å²) in [5.41, 5.74) is -0.829. The highest BCUT2D eigenvalue weighted by Crippen LogP contribution is 2.21. The molecule has 0 aliphatic rings. The minimum atomic E-state index is -0.572. The van der Waals surface area contributed by atoms with Gasteiger partial charge in [-0.05, 0) is 19.8 Å². The Kier molecular flexibility index (Phi) is 3.02. The largest absolute Gasteiger partial charge is 0.494 e. The number of H-pyrrole nitrogens is 1. The fourth-order valence-electron chi connectivity index (χ4n) is 1.55. The third-order valence-electron chi connectivity index (χ3n) is 2.25. The number of hydrogen-bond acceptors (Lipinski definition) is 3. The van der Waals surface area contributed by atoms with Crippen molar-refractivity contribution in [3.63, 3.8) is 0 Å². The van der Waals surface area contributed by atoms with Crippen LogP contribution in [0.15, 0.2) is 9.59 Å². The predicted octanol–water partition coefficient (Wildman–Crippen LogP) is 0.947. The smallest absolute Gasteiger partial charge is 0.331 e. The normalized spacial score (nSPS) is 11.3. The molecule has 0 unspecified atom stereocenters. The molecule has 0 bridgehead atoms. The molecule has 84 valence electrons. The molecule has 5 heteroatoms. The van der Waals surface area contributed by atoms with E-state index in [1.807, 2.05) is 0 Å². The van der Waals surface area contributed by atoms with E-state index < -0.39 is 11.2 Å². The van der Waals surface area contributed by atoms with Gasteiger partial charge in [0.2, 0.25) is 5.88 Å². The van der Waals surface area contributed by atoms with Crippen LogP contribution < -0.4 is 11.2 Å². The van der Waals surface area contributed by atoms with Gasteiger partial charge in [0.15, 0.2) is 0 Å². The highest BCUT2D eigenvalue weighted by molar-refractivity contribution is 5.26. The van der Waals surface area contributed by atoms with Crippen LogP contribution in [0.2, 0.25) is 0 Å². The van der Waals surface area contributed by atoms with Crippen LogP contribution in [0.5, 0.6) is 5.88 Å². The second-order valence-corrected chi connectivity index (χ2v) is 4.12. The maximum absolute atomic E-state index is 11.4. The van der Waals surface area contributed by atoms with Crippen molar-refractivity contribution < 1.29 is 5.11 Å². The van der Waals surface area contributed by atoms with Crippen molar-refractivity contribution in [1.82, 2.24) is 9.55 Å².